The molecule has 1 aliphatic rings. The zero-order chi connectivity index (χ0) is 18.7. The molecule has 0 atom stereocenters. The van der Waals surface area contributed by atoms with E-state index in [4.69, 9.17) is 11.6 Å². The fourth-order valence-corrected chi connectivity index (χ4v) is 4.03. The van der Waals surface area contributed by atoms with E-state index in [2.05, 4.69) is 9.62 Å². The van der Waals surface area contributed by atoms with E-state index in [1.807, 2.05) is 17.0 Å². The molecule has 1 amide bonds. The minimum atomic E-state index is -3.65. The predicted molar refractivity (Wildman–Crippen MR) is 103 cm³/mol. The number of hydrogen-bond acceptors (Lipinski definition) is 4. The molecule has 1 heterocycles. The summed E-state index contributed by atoms with van der Waals surface area (Å²) in [6.45, 7) is 4.49. The van der Waals surface area contributed by atoms with Crippen LogP contribution in [0.1, 0.15) is 6.92 Å². The molecule has 1 N–H and O–H groups in total. The van der Waals surface area contributed by atoms with Crippen molar-refractivity contribution >= 4 is 38.9 Å². The number of halogens is 1. The molecule has 26 heavy (non-hydrogen) atoms. The monoisotopic (exact) mass is 393 g/mol. The van der Waals surface area contributed by atoms with E-state index >= 15 is 0 Å². The van der Waals surface area contributed by atoms with Crippen molar-refractivity contribution in [2.45, 2.75) is 11.8 Å². The van der Waals surface area contributed by atoms with Crippen molar-refractivity contribution in [1.82, 2.24) is 4.90 Å². The Morgan fingerprint density at radius 3 is 2.08 bits per heavy atom. The van der Waals surface area contributed by atoms with Crippen molar-refractivity contribution in [2.24, 2.45) is 0 Å². The van der Waals surface area contributed by atoms with E-state index in [1.54, 1.807) is 31.2 Å². The number of piperazine rings is 1. The molecule has 1 aliphatic heterocycles. The average molecular weight is 394 g/mol. The van der Waals surface area contributed by atoms with Gasteiger partial charge in [-0.3, -0.25) is 9.52 Å². The van der Waals surface area contributed by atoms with Gasteiger partial charge < -0.3 is 9.80 Å². The van der Waals surface area contributed by atoms with Crippen LogP contribution in [0.15, 0.2) is 53.4 Å². The zero-order valence-corrected chi connectivity index (χ0v) is 15.9. The summed E-state index contributed by atoms with van der Waals surface area (Å²) in [4.78, 5) is 15.6. The lowest BCUT2D eigenvalue weighted by molar-refractivity contribution is -0.129. The minimum Gasteiger partial charge on any atom is -0.368 e. The molecule has 8 heteroatoms. The molecule has 0 bridgehead atoms. The van der Waals surface area contributed by atoms with Crippen LogP contribution in [-0.2, 0) is 14.8 Å². The number of benzene rings is 2. The van der Waals surface area contributed by atoms with Gasteiger partial charge in [-0.15, -0.1) is 0 Å². The topological polar surface area (TPSA) is 69.7 Å². The number of sulfonamides is 1. The van der Waals surface area contributed by atoms with Crippen molar-refractivity contribution in [3.8, 4) is 0 Å². The number of anilines is 2. The highest BCUT2D eigenvalue weighted by Crippen LogP contribution is 2.22. The van der Waals surface area contributed by atoms with Gasteiger partial charge in [-0.1, -0.05) is 11.6 Å². The highest BCUT2D eigenvalue weighted by atomic mass is 35.5. The zero-order valence-electron chi connectivity index (χ0n) is 14.4. The smallest absolute Gasteiger partial charge is 0.261 e. The second kappa shape index (κ2) is 7.55. The fraction of sp³-hybridized carbons (Fsp3) is 0.278. The molecule has 0 spiro atoms. The molecule has 3 rings (SSSR count). The molecule has 0 saturated carbocycles. The molecule has 0 unspecified atom stereocenters. The quantitative estimate of drug-likeness (QED) is 0.867. The molecule has 1 fully saturated rings. The highest BCUT2D eigenvalue weighted by Gasteiger charge is 2.19. The number of nitrogens with one attached hydrogen (secondary N) is 1. The standard InChI is InChI=1S/C18H20ClN3O3S/c1-14(23)21-10-12-22(13-11-21)17-6-4-16(5-7-17)20-26(24,25)18-8-2-15(19)3-9-18/h2-9,20H,10-13H2,1H3. The Bertz CT molecular complexity index is 875. The van der Waals surface area contributed by atoms with Gasteiger partial charge in [-0.05, 0) is 48.5 Å². The van der Waals surface area contributed by atoms with Crippen molar-refractivity contribution in [1.29, 1.82) is 0 Å². The molecule has 1 saturated heterocycles. The van der Waals surface area contributed by atoms with E-state index in [0.29, 0.717) is 23.8 Å². The van der Waals surface area contributed by atoms with Crippen molar-refractivity contribution in [3.63, 3.8) is 0 Å². The number of amides is 1. The first-order chi connectivity index (χ1) is 12.3. The van der Waals surface area contributed by atoms with Crippen LogP contribution in [0.4, 0.5) is 11.4 Å². The first-order valence-electron chi connectivity index (χ1n) is 8.24. The summed E-state index contributed by atoms with van der Waals surface area (Å²) < 4.78 is 27.4. The molecule has 138 valence electrons. The van der Waals surface area contributed by atoms with Crippen LogP contribution < -0.4 is 9.62 Å². The van der Waals surface area contributed by atoms with Gasteiger partial charge in [-0.2, -0.15) is 0 Å². The first kappa shape index (κ1) is 18.5. The van der Waals surface area contributed by atoms with Gasteiger partial charge >= 0.3 is 0 Å². The maximum absolute atomic E-state index is 12.4. The maximum Gasteiger partial charge on any atom is 0.261 e. The molecule has 2 aromatic rings. The van der Waals surface area contributed by atoms with Crippen LogP contribution in [0.5, 0.6) is 0 Å². The minimum absolute atomic E-state index is 0.0941. The van der Waals surface area contributed by atoms with Crippen LogP contribution >= 0.6 is 11.6 Å². The van der Waals surface area contributed by atoms with Crippen molar-refractivity contribution < 1.29 is 13.2 Å². The number of carbonyl (C=O) groups is 1. The lowest BCUT2D eigenvalue weighted by atomic mass is 10.2. The molecule has 2 aromatic carbocycles. The third-order valence-electron chi connectivity index (χ3n) is 4.33. The van der Waals surface area contributed by atoms with Crippen molar-refractivity contribution in [3.05, 3.63) is 53.6 Å². The Balaban J connectivity index is 1.66. The van der Waals surface area contributed by atoms with Crippen LogP contribution in [-0.4, -0.2) is 45.4 Å². The van der Waals surface area contributed by atoms with E-state index in [9.17, 15) is 13.2 Å². The van der Waals surface area contributed by atoms with E-state index in [1.165, 1.54) is 12.1 Å². The number of hydrogen-bond donors (Lipinski definition) is 1. The van der Waals surface area contributed by atoms with Crippen LogP contribution in [0.3, 0.4) is 0 Å². The Labute approximate surface area is 158 Å². The molecule has 0 aromatic heterocycles. The maximum atomic E-state index is 12.4. The van der Waals surface area contributed by atoms with Crippen LogP contribution in [0.25, 0.3) is 0 Å². The van der Waals surface area contributed by atoms with Crippen LogP contribution in [0, 0.1) is 0 Å². The Kier molecular flexibility index (Phi) is 5.38. The van der Waals surface area contributed by atoms with E-state index in [0.717, 1.165) is 18.8 Å². The molecule has 0 aliphatic carbocycles. The summed E-state index contributed by atoms with van der Waals surface area (Å²) in [7, 11) is -3.65. The van der Waals surface area contributed by atoms with Gasteiger partial charge in [-0.25, -0.2) is 8.42 Å². The molecule has 6 nitrogen and oxygen atoms in total. The SMILES string of the molecule is CC(=O)N1CCN(c2ccc(NS(=O)(=O)c3ccc(Cl)cc3)cc2)CC1. The van der Waals surface area contributed by atoms with Gasteiger partial charge in [0.15, 0.2) is 0 Å². The van der Waals surface area contributed by atoms with Crippen LogP contribution in [0.2, 0.25) is 5.02 Å². The van der Waals surface area contributed by atoms with Gasteiger partial charge in [0.1, 0.15) is 0 Å². The average Bonchev–Trinajstić information content (AvgIpc) is 2.62. The predicted octanol–water partition coefficient (Wildman–Crippen LogP) is 2.81. The second-order valence-corrected chi connectivity index (χ2v) is 8.22. The molecule has 0 radical (unpaired) electrons. The summed E-state index contributed by atoms with van der Waals surface area (Å²) in [5, 5.41) is 0.484. The molecular weight excluding hydrogens is 374 g/mol. The number of carbonyl (C=O) groups excluding carboxylic acids is 1. The third kappa shape index (κ3) is 4.28. The Morgan fingerprint density at radius 1 is 0.962 bits per heavy atom. The summed E-state index contributed by atoms with van der Waals surface area (Å²) in [5.41, 5.74) is 1.49. The van der Waals surface area contributed by atoms with Gasteiger partial charge in [0.2, 0.25) is 5.91 Å². The molecular formula is C18H20ClN3O3S. The lowest BCUT2D eigenvalue weighted by Gasteiger charge is -2.35. The summed E-state index contributed by atoms with van der Waals surface area (Å²) in [5.74, 6) is 0.0941. The number of nitrogens with zero attached hydrogens (tertiary/aromatic N) is 2. The third-order valence-corrected chi connectivity index (χ3v) is 5.98. The Morgan fingerprint density at radius 2 is 1.54 bits per heavy atom. The summed E-state index contributed by atoms with van der Waals surface area (Å²) in [6, 6.07) is 13.2. The van der Waals surface area contributed by atoms with Gasteiger partial charge in [0, 0.05) is 49.5 Å². The summed E-state index contributed by atoms with van der Waals surface area (Å²) in [6.07, 6.45) is 0. The number of rotatable bonds is 4. The summed E-state index contributed by atoms with van der Waals surface area (Å²) >= 11 is 5.80. The van der Waals surface area contributed by atoms with E-state index in [-0.39, 0.29) is 10.8 Å². The van der Waals surface area contributed by atoms with Crippen molar-refractivity contribution in [2.75, 3.05) is 35.8 Å². The Hall–Kier alpha value is -2.25. The van der Waals surface area contributed by atoms with E-state index < -0.39 is 10.0 Å². The fourth-order valence-electron chi connectivity index (χ4n) is 2.85. The first-order valence-corrected chi connectivity index (χ1v) is 10.1. The van der Waals surface area contributed by atoms with Gasteiger partial charge in [0.05, 0.1) is 4.90 Å². The lowest BCUT2D eigenvalue weighted by Crippen LogP contribution is -2.48. The second-order valence-electron chi connectivity index (χ2n) is 6.10. The highest BCUT2D eigenvalue weighted by molar-refractivity contribution is 7.92. The van der Waals surface area contributed by atoms with Gasteiger partial charge in [0.25, 0.3) is 10.0 Å². The largest absolute Gasteiger partial charge is 0.368 e. The normalized spacial score (nSPS) is 15.0.